The van der Waals surface area contributed by atoms with E-state index in [-0.39, 0.29) is 12.1 Å². The Morgan fingerprint density at radius 1 is 0.857 bits per heavy atom. The van der Waals surface area contributed by atoms with Gasteiger partial charge in [0.05, 0.1) is 17.2 Å². The quantitative estimate of drug-likeness (QED) is 0.793. The average Bonchev–Trinajstić information content (AvgIpc) is 2.50. The molecule has 2 aromatic carbocycles. The molecule has 2 rings (SSSR count). The molecule has 0 spiro atoms. The van der Waals surface area contributed by atoms with Crippen LogP contribution in [0.1, 0.15) is 37.1 Å². The van der Waals surface area contributed by atoms with Crippen molar-refractivity contribution >= 4 is 23.2 Å². The molecule has 0 saturated carbocycles. The molecule has 0 aromatic heterocycles. The predicted octanol–water partition coefficient (Wildman–Crippen LogP) is 5.41. The number of methoxy groups -OCH3 is 1. The van der Waals surface area contributed by atoms with Crippen LogP contribution in [0.2, 0.25) is 10.0 Å². The highest BCUT2D eigenvalue weighted by molar-refractivity contribution is 6.42. The Bertz CT molecular complexity index is 598. The van der Waals surface area contributed by atoms with Crippen molar-refractivity contribution in [2.45, 2.75) is 25.9 Å². The number of halogens is 2. The number of hydrogen-bond acceptors (Lipinski definition) is 2. The zero-order chi connectivity index (χ0) is 15.4. The molecule has 2 atom stereocenters. The second-order valence-corrected chi connectivity index (χ2v) is 5.87. The molecule has 0 aliphatic rings. The summed E-state index contributed by atoms with van der Waals surface area (Å²) in [6.07, 6.45) is 0. The maximum absolute atomic E-state index is 6.07. The van der Waals surface area contributed by atoms with Gasteiger partial charge in [-0.25, -0.2) is 0 Å². The second-order valence-electron chi connectivity index (χ2n) is 5.06. The summed E-state index contributed by atoms with van der Waals surface area (Å²) in [7, 11) is 1.67. The zero-order valence-corrected chi connectivity index (χ0v) is 13.9. The predicted molar refractivity (Wildman–Crippen MR) is 89.4 cm³/mol. The van der Waals surface area contributed by atoms with Crippen LogP contribution in [-0.2, 0) is 0 Å². The van der Waals surface area contributed by atoms with Crippen LogP contribution in [0.4, 0.5) is 0 Å². The van der Waals surface area contributed by atoms with Crippen molar-refractivity contribution in [2.75, 3.05) is 7.11 Å². The maximum atomic E-state index is 6.07. The summed E-state index contributed by atoms with van der Waals surface area (Å²) in [6.45, 7) is 4.25. The van der Waals surface area contributed by atoms with Crippen molar-refractivity contribution in [2.24, 2.45) is 0 Å². The summed E-state index contributed by atoms with van der Waals surface area (Å²) in [5, 5.41) is 4.72. The van der Waals surface area contributed by atoms with Gasteiger partial charge in [0.25, 0.3) is 0 Å². The van der Waals surface area contributed by atoms with Gasteiger partial charge in [-0.3, -0.25) is 0 Å². The molecule has 2 aromatic rings. The third-order valence-electron chi connectivity index (χ3n) is 3.56. The minimum absolute atomic E-state index is 0.178. The topological polar surface area (TPSA) is 21.3 Å². The van der Waals surface area contributed by atoms with Crippen molar-refractivity contribution < 1.29 is 4.74 Å². The first-order valence-electron chi connectivity index (χ1n) is 6.86. The molecule has 0 aliphatic carbocycles. The van der Waals surface area contributed by atoms with E-state index in [2.05, 4.69) is 31.3 Å². The molecule has 21 heavy (non-hydrogen) atoms. The largest absolute Gasteiger partial charge is 0.497 e. The molecule has 0 aliphatic heterocycles. The van der Waals surface area contributed by atoms with Gasteiger partial charge in [-0.15, -0.1) is 0 Å². The lowest BCUT2D eigenvalue weighted by molar-refractivity contribution is 0.414. The molecule has 0 radical (unpaired) electrons. The van der Waals surface area contributed by atoms with Gasteiger partial charge in [-0.05, 0) is 49.2 Å². The van der Waals surface area contributed by atoms with E-state index >= 15 is 0 Å². The first kappa shape index (κ1) is 16.2. The third kappa shape index (κ3) is 4.13. The number of ether oxygens (including phenoxy) is 1. The summed E-state index contributed by atoms with van der Waals surface area (Å²) in [4.78, 5) is 0. The number of rotatable bonds is 5. The fraction of sp³-hybridized carbons (Fsp3) is 0.294. The van der Waals surface area contributed by atoms with Crippen molar-refractivity contribution in [1.82, 2.24) is 5.32 Å². The van der Waals surface area contributed by atoms with E-state index in [0.29, 0.717) is 10.0 Å². The van der Waals surface area contributed by atoms with Crippen molar-refractivity contribution in [3.63, 3.8) is 0 Å². The van der Waals surface area contributed by atoms with Gasteiger partial charge in [0.15, 0.2) is 0 Å². The molecule has 0 heterocycles. The Labute approximate surface area is 136 Å². The summed E-state index contributed by atoms with van der Waals surface area (Å²) in [5.41, 5.74) is 2.33. The Kier molecular flexibility index (Phi) is 5.51. The Morgan fingerprint density at radius 3 is 2.00 bits per heavy atom. The number of benzene rings is 2. The summed E-state index contributed by atoms with van der Waals surface area (Å²) >= 11 is 12.0. The van der Waals surface area contributed by atoms with Gasteiger partial charge in [0.2, 0.25) is 0 Å². The third-order valence-corrected chi connectivity index (χ3v) is 4.30. The SMILES string of the molecule is COc1ccc([C@H](C)NC(C)c2ccc(Cl)c(Cl)c2)cc1. The van der Waals surface area contributed by atoms with E-state index in [1.165, 1.54) is 5.56 Å². The number of hydrogen-bond donors (Lipinski definition) is 1. The van der Waals surface area contributed by atoms with E-state index < -0.39 is 0 Å². The van der Waals surface area contributed by atoms with Crippen LogP contribution < -0.4 is 10.1 Å². The summed E-state index contributed by atoms with van der Waals surface area (Å²) in [5.74, 6) is 0.864. The zero-order valence-electron chi connectivity index (χ0n) is 12.4. The van der Waals surface area contributed by atoms with Crippen molar-refractivity contribution in [3.05, 3.63) is 63.6 Å². The maximum Gasteiger partial charge on any atom is 0.118 e. The molecular formula is C17H19Cl2NO. The van der Waals surface area contributed by atoms with E-state index in [4.69, 9.17) is 27.9 Å². The highest BCUT2D eigenvalue weighted by atomic mass is 35.5. The molecule has 112 valence electrons. The van der Waals surface area contributed by atoms with Crippen LogP contribution in [0.25, 0.3) is 0 Å². The van der Waals surface area contributed by atoms with E-state index in [0.717, 1.165) is 11.3 Å². The fourth-order valence-corrected chi connectivity index (χ4v) is 2.55. The van der Waals surface area contributed by atoms with Crippen LogP contribution in [0, 0.1) is 0 Å². The first-order valence-corrected chi connectivity index (χ1v) is 7.62. The summed E-state index contributed by atoms with van der Waals surface area (Å²) < 4.78 is 5.18. The van der Waals surface area contributed by atoms with E-state index in [9.17, 15) is 0 Å². The average molecular weight is 324 g/mol. The lowest BCUT2D eigenvalue weighted by Gasteiger charge is -2.21. The minimum Gasteiger partial charge on any atom is -0.497 e. The molecule has 4 heteroatoms. The molecule has 0 fully saturated rings. The van der Waals surface area contributed by atoms with Crippen LogP contribution >= 0.6 is 23.2 Å². The Morgan fingerprint density at radius 2 is 1.43 bits per heavy atom. The smallest absolute Gasteiger partial charge is 0.118 e. The lowest BCUT2D eigenvalue weighted by atomic mass is 10.0. The van der Waals surface area contributed by atoms with Gasteiger partial charge in [0.1, 0.15) is 5.75 Å². The number of nitrogens with one attached hydrogen (secondary N) is 1. The lowest BCUT2D eigenvalue weighted by Crippen LogP contribution is -2.22. The van der Waals surface area contributed by atoms with Gasteiger partial charge >= 0.3 is 0 Å². The molecule has 2 nitrogen and oxygen atoms in total. The van der Waals surface area contributed by atoms with E-state index in [1.807, 2.05) is 30.3 Å². The molecule has 0 amide bonds. The van der Waals surface area contributed by atoms with Crippen LogP contribution in [0.5, 0.6) is 5.75 Å². The van der Waals surface area contributed by atoms with Crippen LogP contribution in [-0.4, -0.2) is 7.11 Å². The molecule has 0 saturated heterocycles. The van der Waals surface area contributed by atoms with Gasteiger partial charge in [0, 0.05) is 12.1 Å². The molecular weight excluding hydrogens is 305 g/mol. The van der Waals surface area contributed by atoms with Crippen LogP contribution in [0.15, 0.2) is 42.5 Å². The summed E-state index contributed by atoms with van der Waals surface area (Å²) in [6, 6.07) is 14.2. The standard InChI is InChI=1S/C17H19Cl2NO/c1-11(13-4-7-15(21-3)8-5-13)20-12(2)14-6-9-16(18)17(19)10-14/h4-12,20H,1-3H3/t11-,12?/m0/s1. The van der Waals surface area contributed by atoms with Crippen LogP contribution in [0.3, 0.4) is 0 Å². The van der Waals surface area contributed by atoms with Gasteiger partial charge in [-0.2, -0.15) is 0 Å². The molecule has 0 bridgehead atoms. The Balaban J connectivity index is 2.06. The monoisotopic (exact) mass is 323 g/mol. The minimum atomic E-state index is 0.178. The first-order chi connectivity index (χ1) is 10.0. The van der Waals surface area contributed by atoms with Gasteiger partial charge in [-0.1, -0.05) is 41.4 Å². The second kappa shape index (κ2) is 7.17. The molecule has 1 N–H and O–H groups in total. The normalized spacial score (nSPS) is 13.8. The molecule has 1 unspecified atom stereocenters. The highest BCUT2D eigenvalue weighted by Crippen LogP contribution is 2.27. The Hall–Kier alpha value is -1.22. The fourth-order valence-electron chi connectivity index (χ4n) is 2.24. The van der Waals surface area contributed by atoms with Gasteiger partial charge < -0.3 is 10.1 Å². The van der Waals surface area contributed by atoms with E-state index in [1.54, 1.807) is 7.11 Å². The highest BCUT2D eigenvalue weighted by Gasteiger charge is 2.12. The van der Waals surface area contributed by atoms with Crippen molar-refractivity contribution in [1.29, 1.82) is 0 Å². The van der Waals surface area contributed by atoms with Crippen molar-refractivity contribution in [3.8, 4) is 5.75 Å².